The van der Waals surface area contributed by atoms with Crippen molar-refractivity contribution in [2.24, 2.45) is 5.84 Å². The smallest absolute Gasteiger partial charge is 0.205 e. The molecule has 0 amide bonds. The number of hydrogen-bond donors (Lipinski definition) is 3. The van der Waals surface area contributed by atoms with E-state index in [4.69, 9.17) is 10.6 Å². The van der Waals surface area contributed by atoms with Crippen molar-refractivity contribution < 1.29 is 4.74 Å². The Kier molecular flexibility index (Phi) is 5.09. The van der Waals surface area contributed by atoms with Crippen LogP contribution < -0.4 is 21.3 Å². The highest BCUT2D eigenvalue weighted by Gasteiger charge is 2.23. The van der Waals surface area contributed by atoms with Gasteiger partial charge >= 0.3 is 0 Å². The number of thioether (sulfide) groups is 1. The Morgan fingerprint density at radius 2 is 2.16 bits per heavy atom. The Hall–Kier alpha value is -1.21. The molecule has 1 saturated carbocycles. The third-order valence-electron chi connectivity index (χ3n) is 3.44. The van der Waals surface area contributed by atoms with Crippen LogP contribution in [0.25, 0.3) is 0 Å². The topological polar surface area (TPSA) is 85.1 Å². The van der Waals surface area contributed by atoms with Gasteiger partial charge in [0.15, 0.2) is 11.6 Å². The zero-order chi connectivity index (χ0) is 13.7. The maximum atomic E-state index is 5.42. The van der Waals surface area contributed by atoms with Crippen LogP contribution in [0.3, 0.4) is 0 Å². The Morgan fingerprint density at radius 1 is 1.37 bits per heavy atom. The number of aromatic nitrogens is 2. The highest BCUT2D eigenvalue weighted by atomic mass is 32.2. The third kappa shape index (κ3) is 3.42. The minimum Gasteiger partial charge on any atom is -0.490 e. The summed E-state index contributed by atoms with van der Waals surface area (Å²) >= 11 is 1.94. The largest absolute Gasteiger partial charge is 0.490 e. The summed E-state index contributed by atoms with van der Waals surface area (Å²) in [6.07, 6.45) is 8.52. The summed E-state index contributed by atoms with van der Waals surface area (Å²) in [5, 5.41) is 4.18. The van der Waals surface area contributed by atoms with Crippen LogP contribution in [0.1, 0.15) is 25.7 Å². The van der Waals surface area contributed by atoms with Crippen LogP contribution in [0.15, 0.2) is 6.33 Å². The van der Waals surface area contributed by atoms with Crippen LogP contribution in [-0.4, -0.2) is 34.6 Å². The number of nitrogens with zero attached hydrogens (tertiary/aromatic N) is 2. The number of nitrogen functional groups attached to an aromatic ring is 1. The molecule has 0 spiro atoms. The van der Waals surface area contributed by atoms with Gasteiger partial charge in [-0.25, -0.2) is 15.8 Å². The fourth-order valence-electron chi connectivity index (χ4n) is 2.46. The van der Waals surface area contributed by atoms with Crippen LogP contribution in [0.2, 0.25) is 0 Å². The summed E-state index contributed by atoms with van der Waals surface area (Å²) in [5.74, 6) is 7.19. The van der Waals surface area contributed by atoms with E-state index in [1.807, 2.05) is 11.8 Å². The molecule has 1 aromatic rings. The van der Waals surface area contributed by atoms with Crippen molar-refractivity contribution in [3.8, 4) is 5.75 Å². The maximum Gasteiger partial charge on any atom is 0.205 e. The van der Waals surface area contributed by atoms with E-state index in [2.05, 4.69) is 27.0 Å². The van der Waals surface area contributed by atoms with Crippen LogP contribution in [-0.2, 0) is 0 Å². The minimum atomic E-state index is 0.431. The maximum absolute atomic E-state index is 5.42. The summed E-state index contributed by atoms with van der Waals surface area (Å²) in [7, 11) is 1.59. The molecule has 1 aliphatic carbocycles. The highest BCUT2D eigenvalue weighted by molar-refractivity contribution is 7.99. The Bertz CT molecular complexity index is 417. The van der Waals surface area contributed by atoms with E-state index in [0.717, 1.165) is 18.1 Å². The molecule has 106 valence electrons. The zero-order valence-electron chi connectivity index (χ0n) is 11.3. The number of nitrogens with two attached hydrogens (primary N) is 1. The van der Waals surface area contributed by atoms with E-state index >= 15 is 0 Å². The van der Waals surface area contributed by atoms with Gasteiger partial charge < -0.3 is 15.5 Å². The number of methoxy groups -OCH3 is 1. The van der Waals surface area contributed by atoms with Gasteiger partial charge in [0.05, 0.1) is 7.11 Å². The summed E-state index contributed by atoms with van der Waals surface area (Å²) in [6.45, 7) is 0. The average molecular weight is 283 g/mol. The molecule has 4 N–H and O–H groups in total. The first-order valence-corrected chi connectivity index (χ1v) is 7.72. The van der Waals surface area contributed by atoms with Crippen molar-refractivity contribution in [3.05, 3.63) is 6.33 Å². The molecule has 0 aliphatic heterocycles. The second-order valence-corrected chi connectivity index (χ2v) is 5.75. The van der Waals surface area contributed by atoms with E-state index in [1.54, 1.807) is 7.11 Å². The zero-order valence-corrected chi connectivity index (χ0v) is 12.2. The molecule has 0 aromatic carbocycles. The van der Waals surface area contributed by atoms with E-state index < -0.39 is 0 Å². The van der Waals surface area contributed by atoms with Crippen molar-refractivity contribution in [1.29, 1.82) is 0 Å². The van der Waals surface area contributed by atoms with Crippen LogP contribution in [0, 0.1) is 0 Å². The predicted octanol–water partition coefficient (Wildman–Crippen LogP) is 1.86. The molecule has 2 atom stereocenters. The summed E-state index contributed by atoms with van der Waals surface area (Å²) in [6, 6.07) is 0.431. The molecular formula is C12H21N5OS. The molecule has 0 bridgehead atoms. The fraction of sp³-hybridized carbons (Fsp3) is 0.667. The van der Waals surface area contributed by atoms with Gasteiger partial charge in [0.1, 0.15) is 6.33 Å². The normalized spacial score (nSPS) is 22.9. The van der Waals surface area contributed by atoms with Gasteiger partial charge in [0.2, 0.25) is 5.75 Å². The molecule has 1 heterocycles. The predicted molar refractivity (Wildman–Crippen MR) is 79.6 cm³/mol. The molecule has 0 radical (unpaired) electrons. The average Bonchev–Trinajstić information content (AvgIpc) is 2.47. The Morgan fingerprint density at radius 3 is 2.84 bits per heavy atom. The lowest BCUT2D eigenvalue weighted by Gasteiger charge is -2.29. The lowest BCUT2D eigenvalue weighted by atomic mass is 9.95. The third-order valence-corrected chi connectivity index (χ3v) is 4.54. The second-order valence-electron chi connectivity index (χ2n) is 4.61. The van der Waals surface area contributed by atoms with Crippen molar-refractivity contribution in [2.45, 2.75) is 37.0 Å². The van der Waals surface area contributed by atoms with Crippen molar-refractivity contribution in [3.63, 3.8) is 0 Å². The van der Waals surface area contributed by atoms with Gasteiger partial charge in [-0.3, -0.25) is 0 Å². The number of rotatable bonds is 5. The summed E-state index contributed by atoms with van der Waals surface area (Å²) in [5.41, 5.74) is 2.52. The van der Waals surface area contributed by atoms with Crippen LogP contribution in [0.5, 0.6) is 5.75 Å². The quantitative estimate of drug-likeness (QED) is 0.561. The standard InChI is InChI=1S/C12H21N5OS/c1-18-10-11(14-7-15-12(10)17-13)16-8-4-3-5-9(6-8)19-2/h7-9H,3-6,13H2,1-2H3,(H2,14,15,16,17). The summed E-state index contributed by atoms with van der Waals surface area (Å²) < 4.78 is 5.33. The van der Waals surface area contributed by atoms with Crippen molar-refractivity contribution in [1.82, 2.24) is 9.97 Å². The first-order chi connectivity index (χ1) is 9.28. The Balaban J connectivity index is 2.10. The van der Waals surface area contributed by atoms with Gasteiger partial charge in [-0.1, -0.05) is 6.42 Å². The number of nitrogens with one attached hydrogen (secondary N) is 2. The molecule has 2 unspecified atom stereocenters. The van der Waals surface area contributed by atoms with Gasteiger partial charge in [-0.2, -0.15) is 11.8 Å². The first kappa shape index (κ1) is 14.2. The van der Waals surface area contributed by atoms with Gasteiger partial charge in [-0.05, 0) is 25.5 Å². The van der Waals surface area contributed by atoms with Crippen molar-refractivity contribution >= 4 is 23.4 Å². The molecule has 1 aromatic heterocycles. The van der Waals surface area contributed by atoms with E-state index in [9.17, 15) is 0 Å². The molecule has 1 aliphatic rings. The molecular weight excluding hydrogens is 262 g/mol. The molecule has 19 heavy (non-hydrogen) atoms. The van der Waals surface area contributed by atoms with Gasteiger partial charge in [0, 0.05) is 11.3 Å². The lowest BCUT2D eigenvalue weighted by Crippen LogP contribution is -2.29. The van der Waals surface area contributed by atoms with Gasteiger partial charge in [-0.15, -0.1) is 0 Å². The lowest BCUT2D eigenvalue weighted by molar-refractivity contribution is 0.411. The number of hydrazine groups is 1. The first-order valence-electron chi connectivity index (χ1n) is 6.43. The fourth-order valence-corrected chi connectivity index (χ4v) is 3.28. The van der Waals surface area contributed by atoms with Crippen LogP contribution >= 0.6 is 11.8 Å². The number of ether oxygens (including phenoxy) is 1. The molecule has 0 saturated heterocycles. The van der Waals surface area contributed by atoms with Crippen LogP contribution in [0.4, 0.5) is 11.6 Å². The number of anilines is 2. The minimum absolute atomic E-state index is 0.431. The van der Waals surface area contributed by atoms with Crippen molar-refractivity contribution in [2.75, 3.05) is 24.1 Å². The molecule has 2 rings (SSSR count). The highest BCUT2D eigenvalue weighted by Crippen LogP contribution is 2.33. The Labute approximate surface area is 117 Å². The monoisotopic (exact) mass is 283 g/mol. The second kappa shape index (κ2) is 6.81. The SMILES string of the molecule is COc1c(NN)ncnc1NC1CCCC(SC)C1. The van der Waals surface area contributed by atoms with E-state index in [0.29, 0.717) is 23.4 Å². The summed E-state index contributed by atoms with van der Waals surface area (Å²) in [4.78, 5) is 8.29. The molecule has 7 heteroatoms. The van der Waals surface area contributed by atoms with E-state index in [1.165, 1.54) is 19.2 Å². The van der Waals surface area contributed by atoms with E-state index in [-0.39, 0.29) is 0 Å². The number of hydrogen-bond acceptors (Lipinski definition) is 7. The molecule has 6 nitrogen and oxygen atoms in total. The van der Waals surface area contributed by atoms with Gasteiger partial charge in [0.25, 0.3) is 0 Å². The molecule has 1 fully saturated rings.